The number of carboxylic acid groups (broad SMARTS) is 1. The van der Waals surface area contributed by atoms with Crippen LogP contribution in [0.3, 0.4) is 0 Å². The van der Waals surface area contributed by atoms with Gasteiger partial charge in [-0.3, -0.25) is 4.79 Å². The highest BCUT2D eigenvalue weighted by molar-refractivity contribution is 5.66. The summed E-state index contributed by atoms with van der Waals surface area (Å²) in [5.74, 6) is 1.57. The molecule has 0 bridgehead atoms. The molecule has 1 aromatic heterocycles. The van der Waals surface area contributed by atoms with Crippen molar-refractivity contribution in [2.45, 2.75) is 32.6 Å². The molecule has 0 aliphatic carbocycles. The quantitative estimate of drug-likeness (QED) is 0.874. The van der Waals surface area contributed by atoms with E-state index in [4.69, 9.17) is 9.52 Å². The normalized spacial score (nSPS) is 20.5. The van der Waals surface area contributed by atoms with Crippen molar-refractivity contribution in [3.05, 3.63) is 17.9 Å². The van der Waals surface area contributed by atoms with E-state index in [2.05, 4.69) is 11.8 Å². The molecule has 2 rings (SSSR count). The second-order valence-corrected chi connectivity index (χ2v) is 4.83. The summed E-state index contributed by atoms with van der Waals surface area (Å²) in [6, 6.07) is 3.84. The minimum Gasteiger partial charge on any atom is -0.481 e. The van der Waals surface area contributed by atoms with Crippen molar-refractivity contribution in [1.82, 2.24) is 0 Å². The molecule has 94 valence electrons. The fourth-order valence-electron chi connectivity index (χ4n) is 2.29. The minimum absolute atomic E-state index is 0.128. The van der Waals surface area contributed by atoms with Crippen LogP contribution in [0.4, 0.5) is 5.88 Å². The number of carbonyl (C=O) groups is 1. The second-order valence-electron chi connectivity index (χ2n) is 4.83. The van der Waals surface area contributed by atoms with E-state index in [-0.39, 0.29) is 6.42 Å². The van der Waals surface area contributed by atoms with Gasteiger partial charge in [0.2, 0.25) is 0 Å². The van der Waals surface area contributed by atoms with Crippen molar-refractivity contribution in [2.75, 3.05) is 18.0 Å². The average Bonchev–Trinajstić information content (AvgIpc) is 2.75. The summed E-state index contributed by atoms with van der Waals surface area (Å²) >= 11 is 0. The molecule has 2 heterocycles. The molecule has 1 aromatic rings. The van der Waals surface area contributed by atoms with Crippen LogP contribution >= 0.6 is 0 Å². The SMILES string of the molecule is CC1CCCN(c2ccc(CCC(=O)O)o2)C1. The summed E-state index contributed by atoms with van der Waals surface area (Å²) in [6.45, 7) is 4.32. The van der Waals surface area contributed by atoms with E-state index in [0.29, 0.717) is 12.3 Å². The number of hydrogen-bond donors (Lipinski definition) is 1. The number of aliphatic carboxylic acids is 1. The molecular weight excluding hydrogens is 218 g/mol. The maximum absolute atomic E-state index is 10.5. The third-order valence-electron chi connectivity index (χ3n) is 3.20. The first-order chi connectivity index (χ1) is 8.15. The van der Waals surface area contributed by atoms with Gasteiger partial charge in [0.05, 0.1) is 6.42 Å². The van der Waals surface area contributed by atoms with Crippen molar-refractivity contribution in [2.24, 2.45) is 5.92 Å². The first-order valence-corrected chi connectivity index (χ1v) is 6.20. The van der Waals surface area contributed by atoms with E-state index in [1.54, 1.807) is 0 Å². The molecule has 1 fully saturated rings. The van der Waals surface area contributed by atoms with Crippen LogP contribution < -0.4 is 4.90 Å². The Morgan fingerprint density at radius 1 is 1.59 bits per heavy atom. The van der Waals surface area contributed by atoms with E-state index in [9.17, 15) is 4.79 Å². The summed E-state index contributed by atoms with van der Waals surface area (Å²) in [5, 5.41) is 8.61. The molecule has 0 saturated carbocycles. The number of anilines is 1. The highest BCUT2D eigenvalue weighted by atomic mass is 16.4. The molecule has 0 amide bonds. The van der Waals surface area contributed by atoms with Crippen LogP contribution in [-0.4, -0.2) is 24.2 Å². The van der Waals surface area contributed by atoms with Crippen LogP contribution in [-0.2, 0) is 11.2 Å². The van der Waals surface area contributed by atoms with Crippen molar-refractivity contribution < 1.29 is 14.3 Å². The minimum atomic E-state index is -0.783. The summed E-state index contributed by atoms with van der Waals surface area (Å²) in [7, 11) is 0. The van der Waals surface area contributed by atoms with Crippen LogP contribution in [0.2, 0.25) is 0 Å². The molecule has 1 atom stereocenters. The number of rotatable bonds is 4. The van der Waals surface area contributed by atoms with Crippen molar-refractivity contribution >= 4 is 11.9 Å². The van der Waals surface area contributed by atoms with Crippen molar-refractivity contribution in [1.29, 1.82) is 0 Å². The zero-order chi connectivity index (χ0) is 12.3. The van der Waals surface area contributed by atoms with Gasteiger partial charge in [-0.2, -0.15) is 0 Å². The van der Waals surface area contributed by atoms with Gasteiger partial charge in [-0.1, -0.05) is 6.92 Å². The van der Waals surface area contributed by atoms with E-state index < -0.39 is 5.97 Å². The molecule has 0 aromatic carbocycles. The Labute approximate surface area is 101 Å². The van der Waals surface area contributed by atoms with Crippen molar-refractivity contribution in [3.8, 4) is 0 Å². The lowest BCUT2D eigenvalue weighted by Crippen LogP contribution is -2.33. The first kappa shape index (κ1) is 12.0. The van der Waals surface area contributed by atoms with Crippen LogP contribution in [0.1, 0.15) is 31.9 Å². The largest absolute Gasteiger partial charge is 0.481 e. The van der Waals surface area contributed by atoms with E-state index in [1.807, 2.05) is 12.1 Å². The van der Waals surface area contributed by atoms with Gasteiger partial charge in [0.25, 0.3) is 0 Å². The van der Waals surface area contributed by atoms with Crippen LogP contribution in [0.15, 0.2) is 16.5 Å². The lowest BCUT2D eigenvalue weighted by molar-refractivity contribution is -0.137. The Balaban J connectivity index is 1.95. The molecule has 1 aliphatic rings. The summed E-state index contributed by atoms with van der Waals surface area (Å²) in [5.41, 5.74) is 0. The Kier molecular flexibility index (Phi) is 3.71. The van der Waals surface area contributed by atoms with Crippen LogP contribution in [0, 0.1) is 5.92 Å². The fraction of sp³-hybridized carbons (Fsp3) is 0.615. The molecule has 1 saturated heterocycles. The number of furan rings is 1. The lowest BCUT2D eigenvalue weighted by Gasteiger charge is -2.30. The number of carboxylic acids is 1. The highest BCUT2D eigenvalue weighted by Crippen LogP contribution is 2.25. The molecule has 1 aliphatic heterocycles. The molecule has 4 nitrogen and oxygen atoms in total. The zero-order valence-corrected chi connectivity index (χ0v) is 10.2. The van der Waals surface area contributed by atoms with Crippen molar-refractivity contribution in [3.63, 3.8) is 0 Å². The maximum atomic E-state index is 10.5. The molecule has 1 unspecified atom stereocenters. The van der Waals surface area contributed by atoms with Gasteiger partial charge >= 0.3 is 5.97 Å². The van der Waals surface area contributed by atoms with E-state index in [0.717, 1.165) is 24.7 Å². The Hall–Kier alpha value is -1.45. The van der Waals surface area contributed by atoms with Gasteiger partial charge in [0, 0.05) is 25.6 Å². The number of aryl methyl sites for hydroxylation is 1. The van der Waals surface area contributed by atoms with Crippen LogP contribution in [0.25, 0.3) is 0 Å². The predicted octanol–water partition coefficient (Wildman–Crippen LogP) is 2.53. The number of piperidine rings is 1. The molecular formula is C13H19NO3. The molecule has 4 heteroatoms. The standard InChI is InChI=1S/C13H19NO3/c1-10-3-2-8-14(9-10)12-6-4-11(17-12)5-7-13(15)16/h4,6,10H,2-3,5,7-9H2,1H3,(H,15,16). The second kappa shape index (κ2) is 5.25. The molecule has 0 spiro atoms. The third-order valence-corrected chi connectivity index (χ3v) is 3.20. The van der Waals surface area contributed by atoms with Gasteiger partial charge in [-0.05, 0) is 24.8 Å². The van der Waals surface area contributed by atoms with Gasteiger partial charge in [0.15, 0.2) is 5.88 Å². The number of hydrogen-bond acceptors (Lipinski definition) is 3. The zero-order valence-electron chi connectivity index (χ0n) is 10.2. The first-order valence-electron chi connectivity index (χ1n) is 6.20. The van der Waals surface area contributed by atoms with E-state index >= 15 is 0 Å². The monoisotopic (exact) mass is 237 g/mol. The summed E-state index contributed by atoms with van der Waals surface area (Å²) in [6.07, 6.45) is 3.08. The number of nitrogens with zero attached hydrogens (tertiary/aromatic N) is 1. The van der Waals surface area contributed by atoms with Gasteiger partial charge in [-0.15, -0.1) is 0 Å². The molecule has 0 radical (unpaired) electrons. The van der Waals surface area contributed by atoms with Gasteiger partial charge < -0.3 is 14.4 Å². The Morgan fingerprint density at radius 2 is 2.41 bits per heavy atom. The van der Waals surface area contributed by atoms with Crippen LogP contribution in [0.5, 0.6) is 0 Å². The highest BCUT2D eigenvalue weighted by Gasteiger charge is 2.19. The lowest BCUT2D eigenvalue weighted by atomic mass is 10.0. The third kappa shape index (κ3) is 3.25. The van der Waals surface area contributed by atoms with E-state index in [1.165, 1.54) is 12.8 Å². The summed E-state index contributed by atoms with van der Waals surface area (Å²) < 4.78 is 5.68. The smallest absolute Gasteiger partial charge is 0.303 e. The molecule has 17 heavy (non-hydrogen) atoms. The Morgan fingerprint density at radius 3 is 3.12 bits per heavy atom. The van der Waals surface area contributed by atoms with Gasteiger partial charge in [-0.25, -0.2) is 0 Å². The fourth-order valence-corrected chi connectivity index (χ4v) is 2.29. The predicted molar refractivity (Wildman–Crippen MR) is 65.3 cm³/mol. The summed E-state index contributed by atoms with van der Waals surface area (Å²) in [4.78, 5) is 12.7. The van der Waals surface area contributed by atoms with Gasteiger partial charge in [0.1, 0.15) is 5.76 Å². The maximum Gasteiger partial charge on any atom is 0.303 e. The topological polar surface area (TPSA) is 53.7 Å². The average molecular weight is 237 g/mol. The molecule has 1 N–H and O–H groups in total. The Bertz CT molecular complexity index is 386.